The molecule has 10 N–H and O–H groups in total. The van der Waals surface area contributed by atoms with Crippen molar-refractivity contribution in [2.24, 2.45) is 5.73 Å². The lowest BCUT2D eigenvalue weighted by Gasteiger charge is -2.31. The van der Waals surface area contributed by atoms with Crippen LogP contribution in [0.1, 0.15) is 69.2 Å². The Kier molecular flexibility index (Phi) is 24.9. The van der Waals surface area contributed by atoms with Crippen molar-refractivity contribution in [3.8, 4) is 11.5 Å². The number of imidazole rings is 2. The largest absolute Gasteiger partial charge is 0.508 e. The van der Waals surface area contributed by atoms with Crippen molar-refractivity contribution >= 4 is 96.6 Å². The highest BCUT2D eigenvalue weighted by molar-refractivity contribution is 7.57. The first-order valence-corrected chi connectivity index (χ1v) is 26.3. The van der Waals surface area contributed by atoms with E-state index in [2.05, 4.69) is 35.0 Å². The highest BCUT2D eigenvalue weighted by Crippen LogP contribution is 2.46. The van der Waals surface area contributed by atoms with Gasteiger partial charge in [-0.05, 0) is 118 Å². The minimum atomic E-state index is -4.16. The quantitative estimate of drug-likeness (QED) is 0.0333. The van der Waals surface area contributed by atoms with Crippen molar-refractivity contribution < 1.29 is 57.1 Å². The van der Waals surface area contributed by atoms with Crippen LogP contribution >= 0.6 is 50.7 Å². The van der Waals surface area contributed by atoms with E-state index in [1.54, 1.807) is 133 Å². The molecule has 0 radical (unpaired) electrons. The molecular formula is C44H65Cl3N12O12P2. The highest BCUT2D eigenvalue weighted by atomic mass is 35.5. The van der Waals surface area contributed by atoms with E-state index in [1.807, 2.05) is 0 Å². The van der Waals surface area contributed by atoms with Crippen LogP contribution in [0.15, 0.2) is 73.8 Å². The molecule has 4 heterocycles. The summed E-state index contributed by atoms with van der Waals surface area (Å²) in [4.78, 5) is 65.3. The number of benzene rings is 2. The third-order valence-electron chi connectivity index (χ3n) is 8.89. The number of fused-ring (bicyclic) bond motifs is 2. The standard InChI is InChI=1S/C22H30ClN6O5P.C9H14N5O4P.C7H15NO2.C6H5ClO.ClH/c1-14(2)33-21(30)22(4,5)28-35(31,34-17-8-6-16(23)7-9-17)13-32-15(3)10-29-12-27-18-19(24)25-11-26-20(18)29;1-6(18-5-19(15,16)17)2-14-4-13-7-8(10)11-3-12-9(7)14;1-5(2)10-6(9)7(3,4)8;7-5-1-3-6(8)4-2-5;/h6-9,11-12,14-15H,10,13H2,1-5H3,(H,28,31)(H2,24,25,26);3-4,6H,2,5H2,1H3,(H2,10,11,12)(H2,15,16,17);5H,8H2,1-4H3;1-4,8H;1H/t15-,35?;6-;;;/m11.../s1. The summed E-state index contributed by atoms with van der Waals surface area (Å²) < 4.78 is 55.0. The van der Waals surface area contributed by atoms with Gasteiger partial charge in [-0.25, -0.2) is 35.0 Å². The maximum absolute atomic E-state index is 13.9. The SMILES string of the molecule is CC(C)OC(=O)C(C)(C)N.CC(C)OC(=O)C(C)(C)NP(=O)(CO[C@H](C)Cn1cnc2c(N)ncnc21)Oc1ccc(Cl)cc1.C[C@H](Cn1cnc2c(N)ncnc21)OCP(=O)(O)O.Cl.Oc1ccc(Cl)cc1. The van der Waals surface area contributed by atoms with Gasteiger partial charge >= 0.3 is 27.1 Å². The Morgan fingerprint density at radius 3 is 1.48 bits per heavy atom. The van der Waals surface area contributed by atoms with Crippen LogP contribution < -0.4 is 26.8 Å². The predicted molar refractivity (Wildman–Crippen MR) is 280 cm³/mol. The van der Waals surface area contributed by atoms with E-state index in [-0.39, 0.29) is 54.3 Å². The number of hydrogen-bond donors (Lipinski definition) is 7. The van der Waals surface area contributed by atoms with Gasteiger partial charge in [-0.15, -0.1) is 12.4 Å². The van der Waals surface area contributed by atoms with Crippen LogP contribution in [0.2, 0.25) is 10.0 Å². The number of phenolic OH excluding ortho intramolecular Hbond substituents is 1. The van der Waals surface area contributed by atoms with Crippen LogP contribution in [0.5, 0.6) is 11.5 Å². The van der Waals surface area contributed by atoms with Gasteiger partial charge in [0.05, 0.1) is 50.2 Å². The molecule has 0 spiro atoms. The Morgan fingerprint density at radius 2 is 1.10 bits per heavy atom. The number of aromatic hydroxyl groups is 1. The van der Waals surface area contributed by atoms with Crippen molar-refractivity contribution in [1.82, 2.24) is 44.1 Å². The number of nitrogens with zero attached hydrogens (tertiary/aromatic N) is 8. The molecule has 3 atom stereocenters. The lowest BCUT2D eigenvalue weighted by molar-refractivity contribution is -0.154. The molecule has 0 aliphatic carbocycles. The molecule has 29 heteroatoms. The van der Waals surface area contributed by atoms with Crippen LogP contribution in [0, 0.1) is 0 Å². The summed E-state index contributed by atoms with van der Waals surface area (Å²) in [6.45, 7) is 17.7. The van der Waals surface area contributed by atoms with E-state index in [4.69, 9.17) is 78.8 Å². The molecule has 0 amide bonds. The number of phenols is 1. The second kappa shape index (κ2) is 28.4. The number of carbonyl (C=O) groups is 2. The monoisotopic (exact) mass is 1120 g/mol. The fourth-order valence-electron chi connectivity index (χ4n) is 5.56. The molecule has 73 heavy (non-hydrogen) atoms. The molecule has 1 unspecified atom stereocenters. The number of aromatic nitrogens is 8. The van der Waals surface area contributed by atoms with Crippen LogP contribution in [0.4, 0.5) is 11.6 Å². The lowest BCUT2D eigenvalue weighted by atomic mass is 10.1. The van der Waals surface area contributed by atoms with Gasteiger partial charge in [0.25, 0.3) is 0 Å². The molecule has 0 bridgehead atoms. The molecule has 6 aromatic rings. The first kappa shape index (κ1) is 63.9. The predicted octanol–water partition coefficient (Wildman–Crippen LogP) is 7.11. The summed E-state index contributed by atoms with van der Waals surface area (Å²) in [6.07, 6.45) is 3.63. The maximum Gasteiger partial charge on any atom is 0.350 e. The Morgan fingerprint density at radius 1 is 0.685 bits per heavy atom. The average molecular weight is 1120 g/mol. The molecular weight excluding hydrogens is 1060 g/mol. The van der Waals surface area contributed by atoms with Gasteiger partial charge in [-0.3, -0.25) is 18.7 Å². The number of halogens is 3. The summed E-state index contributed by atoms with van der Waals surface area (Å²) in [5.74, 6) is 0.192. The Bertz CT molecular complexity index is 2750. The number of esters is 2. The second-order valence-corrected chi connectivity index (χ2v) is 22.1. The number of rotatable bonds is 18. The molecule has 0 aliphatic rings. The first-order chi connectivity index (χ1) is 33.4. The average Bonchev–Trinajstić information content (AvgIpc) is 3.89. The first-order valence-electron chi connectivity index (χ1n) is 22.0. The third kappa shape index (κ3) is 22.4. The summed E-state index contributed by atoms with van der Waals surface area (Å²) in [5.41, 5.74) is 16.9. The van der Waals surface area contributed by atoms with Gasteiger partial charge in [0.2, 0.25) is 0 Å². The van der Waals surface area contributed by atoms with E-state index in [0.717, 1.165) is 0 Å². The van der Waals surface area contributed by atoms with Crippen LogP contribution in [0.3, 0.4) is 0 Å². The smallest absolute Gasteiger partial charge is 0.350 e. The van der Waals surface area contributed by atoms with Gasteiger partial charge in [-0.2, -0.15) is 0 Å². The second-order valence-electron chi connectivity index (χ2n) is 17.6. The van der Waals surface area contributed by atoms with E-state index in [9.17, 15) is 18.7 Å². The van der Waals surface area contributed by atoms with Gasteiger partial charge < -0.3 is 64.7 Å². The number of ether oxygens (including phenoxy) is 4. The van der Waals surface area contributed by atoms with Gasteiger partial charge in [0.1, 0.15) is 59.0 Å². The summed E-state index contributed by atoms with van der Waals surface area (Å²) in [5, 5.41) is 12.7. The molecule has 0 saturated heterocycles. The zero-order valence-corrected chi connectivity index (χ0v) is 46.1. The highest BCUT2D eigenvalue weighted by Gasteiger charge is 2.40. The van der Waals surface area contributed by atoms with Crippen molar-refractivity contribution in [2.45, 2.75) is 118 Å². The maximum atomic E-state index is 13.9. The van der Waals surface area contributed by atoms with Crippen molar-refractivity contribution in [3.05, 3.63) is 83.9 Å². The number of nitrogens with two attached hydrogens (primary N) is 3. The number of carbonyl (C=O) groups excluding carboxylic acids is 2. The summed E-state index contributed by atoms with van der Waals surface area (Å²) >= 11 is 11.5. The van der Waals surface area contributed by atoms with E-state index in [0.29, 0.717) is 51.2 Å². The Hall–Kier alpha value is -5.23. The van der Waals surface area contributed by atoms with Gasteiger partial charge in [0, 0.05) is 10.0 Å². The fourth-order valence-corrected chi connectivity index (χ4v) is 8.28. The number of nitrogen functional groups attached to an aromatic ring is 2. The molecule has 0 saturated carbocycles. The van der Waals surface area contributed by atoms with E-state index >= 15 is 0 Å². The number of hydrogen-bond acceptors (Lipinski definition) is 19. The minimum absolute atomic E-state index is 0. The Balaban J connectivity index is 0.000000397. The van der Waals surface area contributed by atoms with Crippen molar-refractivity contribution in [1.29, 1.82) is 0 Å². The zero-order valence-electron chi connectivity index (χ0n) is 42.0. The zero-order chi connectivity index (χ0) is 54.2. The van der Waals surface area contributed by atoms with Crippen molar-refractivity contribution in [2.75, 3.05) is 24.2 Å². The van der Waals surface area contributed by atoms with E-state index < -0.39 is 50.7 Å². The van der Waals surface area contributed by atoms with Gasteiger partial charge in [-0.1, -0.05) is 23.2 Å². The normalized spacial score (nSPS) is 13.2. The molecule has 4 aromatic heterocycles. The molecule has 6 rings (SSSR count). The molecule has 24 nitrogen and oxygen atoms in total. The molecule has 0 fully saturated rings. The van der Waals surface area contributed by atoms with Crippen molar-refractivity contribution in [3.63, 3.8) is 0 Å². The molecule has 404 valence electrons. The molecule has 2 aromatic carbocycles. The lowest BCUT2D eigenvalue weighted by Crippen LogP contribution is -2.48. The minimum Gasteiger partial charge on any atom is -0.508 e. The topological polar surface area (TPSA) is 352 Å². The van der Waals surface area contributed by atoms with E-state index in [1.165, 1.54) is 19.0 Å². The summed E-state index contributed by atoms with van der Waals surface area (Å²) in [7, 11) is -7.92. The van der Waals surface area contributed by atoms with Crippen LogP contribution in [-0.2, 0) is 50.8 Å². The number of anilines is 2. The van der Waals surface area contributed by atoms with Gasteiger partial charge in [0.15, 0.2) is 22.9 Å². The van der Waals surface area contributed by atoms with Crippen LogP contribution in [0.25, 0.3) is 22.3 Å². The van der Waals surface area contributed by atoms with Crippen LogP contribution in [-0.4, -0.2) is 114 Å². The molecule has 0 aliphatic heterocycles. The summed E-state index contributed by atoms with van der Waals surface area (Å²) in [6, 6.07) is 12.8. The fraction of sp³-hybridized carbons (Fsp3) is 0.455. The Labute approximate surface area is 439 Å². The number of nitrogens with one attached hydrogen (secondary N) is 1. The third-order valence-corrected chi connectivity index (χ3v) is 11.8.